The number of aryl methyl sites for hydroxylation is 1. The Morgan fingerprint density at radius 1 is 1.14 bits per heavy atom. The molecular weight excluding hydrogens is 369 g/mol. The van der Waals surface area contributed by atoms with Gasteiger partial charge < -0.3 is 20.1 Å². The van der Waals surface area contributed by atoms with E-state index in [1.54, 1.807) is 26.3 Å². The first-order valence-corrected chi connectivity index (χ1v) is 9.98. The molecule has 0 atom stereocenters. The average molecular weight is 400 g/mol. The number of hydrogen-bond acceptors (Lipinski definition) is 3. The number of nitrogens with one attached hydrogen (secondary N) is 2. The molecule has 2 N–H and O–H groups in total. The predicted molar refractivity (Wildman–Crippen MR) is 114 cm³/mol. The topological polar surface area (TPSA) is 54.9 Å². The van der Waals surface area contributed by atoms with Crippen molar-refractivity contribution < 1.29 is 13.9 Å². The van der Waals surface area contributed by atoms with Crippen LogP contribution in [0.3, 0.4) is 0 Å². The fourth-order valence-electron chi connectivity index (χ4n) is 3.80. The Labute approximate surface area is 172 Å². The zero-order chi connectivity index (χ0) is 20.7. The Balaban J connectivity index is 1.73. The fraction of sp³-hybridized carbons (Fsp3) is 0.435. The van der Waals surface area contributed by atoms with E-state index in [0.717, 1.165) is 43.9 Å². The first kappa shape index (κ1) is 21.1. The molecule has 2 aromatic carbocycles. The number of nitrogens with zero attached hydrogens (tertiary/aromatic N) is 1. The summed E-state index contributed by atoms with van der Waals surface area (Å²) in [6, 6.07) is 12.8. The smallest absolute Gasteiger partial charge is 0.191 e. The molecule has 29 heavy (non-hydrogen) atoms. The molecule has 1 fully saturated rings. The highest BCUT2D eigenvalue weighted by Crippen LogP contribution is 2.40. The van der Waals surface area contributed by atoms with E-state index in [1.807, 2.05) is 6.07 Å². The second-order valence-electron chi connectivity index (χ2n) is 7.50. The van der Waals surface area contributed by atoms with Gasteiger partial charge in [0.05, 0.1) is 7.11 Å². The Hall–Kier alpha value is -2.60. The molecule has 6 heteroatoms. The molecule has 0 unspecified atom stereocenters. The van der Waals surface area contributed by atoms with Crippen LogP contribution in [0.1, 0.15) is 29.5 Å². The summed E-state index contributed by atoms with van der Waals surface area (Å²) in [4.78, 5) is 4.35. The van der Waals surface area contributed by atoms with Gasteiger partial charge in [-0.1, -0.05) is 29.8 Å². The third kappa shape index (κ3) is 5.26. The summed E-state index contributed by atoms with van der Waals surface area (Å²) in [5.74, 6) is 1.39. The van der Waals surface area contributed by atoms with E-state index in [4.69, 9.17) is 9.47 Å². The number of aliphatic imine (C=N–C) groups is 1. The van der Waals surface area contributed by atoms with Crippen LogP contribution in [0.2, 0.25) is 0 Å². The lowest BCUT2D eigenvalue weighted by atomic mass is 9.73. The quantitative estimate of drug-likeness (QED) is 0.576. The van der Waals surface area contributed by atoms with Crippen LogP contribution in [0.25, 0.3) is 0 Å². The van der Waals surface area contributed by atoms with Crippen molar-refractivity contribution in [2.75, 3.05) is 33.9 Å². The van der Waals surface area contributed by atoms with Gasteiger partial charge in [-0.25, -0.2) is 4.39 Å². The number of rotatable bonds is 6. The standard InChI is InChI=1S/C23H30FN3O2/c1-17-4-9-21(28-3)20(14-17)23(10-12-29-13-11-23)16-27-22(25-2)26-15-18-5-7-19(24)8-6-18/h4-9,14H,10-13,15-16H2,1-3H3,(H2,25,26,27). The highest BCUT2D eigenvalue weighted by Gasteiger charge is 2.37. The predicted octanol–water partition coefficient (Wildman–Crippen LogP) is 3.56. The van der Waals surface area contributed by atoms with Gasteiger partial charge in [-0.15, -0.1) is 0 Å². The fourth-order valence-corrected chi connectivity index (χ4v) is 3.80. The largest absolute Gasteiger partial charge is 0.496 e. The van der Waals surface area contributed by atoms with Gasteiger partial charge in [-0.2, -0.15) is 0 Å². The van der Waals surface area contributed by atoms with Crippen molar-refractivity contribution in [3.05, 3.63) is 65.0 Å². The van der Waals surface area contributed by atoms with Crippen LogP contribution in [0.4, 0.5) is 4.39 Å². The van der Waals surface area contributed by atoms with E-state index in [1.165, 1.54) is 23.3 Å². The van der Waals surface area contributed by atoms with Gasteiger partial charge in [-0.3, -0.25) is 4.99 Å². The molecular formula is C23H30FN3O2. The minimum absolute atomic E-state index is 0.0941. The number of guanidine groups is 1. The molecule has 1 aliphatic heterocycles. The van der Waals surface area contributed by atoms with Crippen LogP contribution in [-0.2, 0) is 16.7 Å². The van der Waals surface area contributed by atoms with E-state index in [9.17, 15) is 4.39 Å². The Morgan fingerprint density at radius 2 is 1.86 bits per heavy atom. The Kier molecular flexibility index (Phi) is 7.09. The van der Waals surface area contributed by atoms with Crippen LogP contribution in [0, 0.1) is 12.7 Å². The number of ether oxygens (including phenoxy) is 2. The second-order valence-corrected chi connectivity index (χ2v) is 7.50. The van der Waals surface area contributed by atoms with Gasteiger partial charge in [0, 0.05) is 44.3 Å². The van der Waals surface area contributed by atoms with E-state index in [2.05, 4.69) is 34.7 Å². The molecule has 1 aliphatic rings. The summed E-state index contributed by atoms with van der Waals surface area (Å²) in [6.07, 6.45) is 1.82. The van der Waals surface area contributed by atoms with Gasteiger partial charge in [0.1, 0.15) is 11.6 Å². The summed E-state index contributed by atoms with van der Waals surface area (Å²) in [6.45, 7) is 4.84. The summed E-state index contributed by atoms with van der Waals surface area (Å²) < 4.78 is 24.4. The normalized spacial score (nSPS) is 16.3. The van der Waals surface area contributed by atoms with E-state index in [0.29, 0.717) is 12.5 Å². The number of benzene rings is 2. The third-order valence-electron chi connectivity index (χ3n) is 5.57. The maximum atomic E-state index is 13.1. The first-order valence-electron chi connectivity index (χ1n) is 9.98. The molecule has 0 bridgehead atoms. The summed E-state index contributed by atoms with van der Waals surface area (Å²) >= 11 is 0. The molecule has 0 amide bonds. The molecule has 0 aromatic heterocycles. The molecule has 3 rings (SSSR count). The van der Waals surface area contributed by atoms with E-state index < -0.39 is 0 Å². The third-order valence-corrected chi connectivity index (χ3v) is 5.57. The van der Waals surface area contributed by atoms with Crippen molar-refractivity contribution in [3.63, 3.8) is 0 Å². The molecule has 0 radical (unpaired) electrons. The molecule has 156 valence electrons. The summed E-state index contributed by atoms with van der Waals surface area (Å²) in [7, 11) is 3.47. The molecule has 0 saturated carbocycles. The van der Waals surface area contributed by atoms with Crippen molar-refractivity contribution in [2.45, 2.75) is 31.7 Å². The maximum absolute atomic E-state index is 13.1. The van der Waals surface area contributed by atoms with Crippen LogP contribution < -0.4 is 15.4 Å². The number of methoxy groups -OCH3 is 1. The molecule has 1 saturated heterocycles. The Bertz CT molecular complexity index is 831. The van der Waals surface area contributed by atoms with Crippen LogP contribution in [0.15, 0.2) is 47.5 Å². The molecule has 1 heterocycles. The monoisotopic (exact) mass is 399 g/mol. The second kappa shape index (κ2) is 9.74. The highest BCUT2D eigenvalue weighted by atomic mass is 19.1. The van der Waals surface area contributed by atoms with Crippen molar-refractivity contribution in [3.8, 4) is 5.75 Å². The SMILES string of the molecule is CN=C(NCc1ccc(F)cc1)NCC1(c2cc(C)ccc2OC)CCOCC1. The van der Waals surface area contributed by atoms with Crippen molar-refractivity contribution in [1.82, 2.24) is 10.6 Å². The number of halogens is 1. The lowest BCUT2D eigenvalue weighted by molar-refractivity contribution is 0.0505. The van der Waals surface area contributed by atoms with E-state index >= 15 is 0 Å². The number of hydrogen-bond donors (Lipinski definition) is 2. The minimum atomic E-state index is -0.232. The summed E-state index contributed by atoms with van der Waals surface area (Å²) in [5.41, 5.74) is 3.33. The Morgan fingerprint density at radius 3 is 2.52 bits per heavy atom. The minimum Gasteiger partial charge on any atom is -0.496 e. The van der Waals surface area contributed by atoms with Crippen molar-refractivity contribution in [1.29, 1.82) is 0 Å². The summed E-state index contributed by atoms with van der Waals surface area (Å²) in [5, 5.41) is 6.79. The van der Waals surface area contributed by atoms with E-state index in [-0.39, 0.29) is 11.2 Å². The van der Waals surface area contributed by atoms with Crippen molar-refractivity contribution >= 4 is 5.96 Å². The molecule has 0 spiro atoms. The van der Waals surface area contributed by atoms with Crippen LogP contribution >= 0.6 is 0 Å². The average Bonchev–Trinajstić information content (AvgIpc) is 2.75. The lowest BCUT2D eigenvalue weighted by Crippen LogP contribution is -2.48. The molecule has 2 aromatic rings. The van der Waals surface area contributed by atoms with Gasteiger partial charge in [0.2, 0.25) is 0 Å². The highest BCUT2D eigenvalue weighted by molar-refractivity contribution is 5.79. The lowest BCUT2D eigenvalue weighted by Gasteiger charge is -2.39. The molecule has 0 aliphatic carbocycles. The van der Waals surface area contributed by atoms with Crippen LogP contribution in [0.5, 0.6) is 5.75 Å². The van der Waals surface area contributed by atoms with Crippen LogP contribution in [-0.4, -0.2) is 39.9 Å². The maximum Gasteiger partial charge on any atom is 0.191 e. The van der Waals surface area contributed by atoms with Gasteiger partial charge in [0.15, 0.2) is 5.96 Å². The van der Waals surface area contributed by atoms with Gasteiger partial charge >= 0.3 is 0 Å². The zero-order valence-electron chi connectivity index (χ0n) is 17.4. The van der Waals surface area contributed by atoms with Gasteiger partial charge in [0.25, 0.3) is 0 Å². The van der Waals surface area contributed by atoms with Gasteiger partial charge in [-0.05, 0) is 43.5 Å². The van der Waals surface area contributed by atoms with Crippen molar-refractivity contribution in [2.24, 2.45) is 4.99 Å². The molecule has 5 nitrogen and oxygen atoms in total. The zero-order valence-corrected chi connectivity index (χ0v) is 17.4. The first-order chi connectivity index (χ1) is 14.1.